The van der Waals surface area contributed by atoms with Gasteiger partial charge in [-0.25, -0.2) is 0 Å². The van der Waals surface area contributed by atoms with Crippen molar-refractivity contribution in [2.45, 2.75) is 0 Å². The smallest absolute Gasteiger partial charge is 0.328 e. The minimum Gasteiger partial charge on any atom is -0.328 e. The largest absolute Gasteiger partial charge is 0.697 e. The van der Waals surface area contributed by atoms with Crippen molar-refractivity contribution in [2.24, 2.45) is 5.41 Å². The SMILES string of the molecule is O=[P+]1OCC2(COP(O)OC2)CO1. The molecule has 74 valence electrons. The molecule has 6 nitrogen and oxygen atoms in total. The van der Waals surface area contributed by atoms with Crippen LogP contribution in [0.3, 0.4) is 0 Å². The molecule has 8 heteroatoms. The Morgan fingerprint density at radius 3 is 2.23 bits per heavy atom. The van der Waals surface area contributed by atoms with Gasteiger partial charge in [-0.15, -0.1) is 9.05 Å². The third-order valence-electron chi connectivity index (χ3n) is 1.91. The highest BCUT2D eigenvalue weighted by Gasteiger charge is 2.47. The van der Waals surface area contributed by atoms with E-state index in [4.69, 9.17) is 23.0 Å². The van der Waals surface area contributed by atoms with Crippen LogP contribution >= 0.6 is 16.9 Å². The maximum Gasteiger partial charge on any atom is 0.697 e. The van der Waals surface area contributed by atoms with Crippen molar-refractivity contribution in [1.82, 2.24) is 0 Å². The van der Waals surface area contributed by atoms with E-state index in [1.54, 1.807) is 0 Å². The molecule has 0 aromatic rings. The average Bonchev–Trinajstić information content (AvgIpc) is 2.16. The molecule has 2 fully saturated rings. The molecular formula is C5H9O6P2+. The van der Waals surface area contributed by atoms with E-state index < -0.39 is 22.3 Å². The quantitative estimate of drug-likeness (QED) is 0.621. The molecule has 1 spiro atoms. The molecule has 2 heterocycles. The summed E-state index contributed by atoms with van der Waals surface area (Å²) in [6.07, 6.45) is 0. The molecule has 1 N–H and O–H groups in total. The zero-order valence-corrected chi connectivity index (χ0v) is 8.50. The monoisotopic (exact) mass is 227 g/mol. The van der Waals surface area contributed by atoms with Crippen LogP contribution in [0.15, 0.2) is 0 Å². The van der Waals surface area contributed by atoms with E-state index in [0.717, 1.165) is 0 Å². The Morgan fingerprint density at radius 2 is 1.69 bits per heavy atom. The Morgan fingerprint density at radius 1 is 1.15 bits per heavy atom. The Balaban J connectivity index is 1.94. The van der Waals surface area contributed by atoms with Gasteiger partial charge in [0, 0.05) is 4.57 Å². The first-order chi connectivity index (χ1) is 6.20. The summed E-state index contributed by atoms with van der Waals surface area (Å²) in [5, 5.41) is 0. The molecule has 0 radical (unpaired) electrons. The summed E-state index contributed by atoms with van der Waals surface area (Å²) in [4.78, 5) is 8.96. The molecular weight excluding hydrogens is 218 g/mol. The van der Waals surface area contributed by atoms with Crippen LogP contribution in [0.25, 0.3) is 0 Å². The van der Waals surface area contributed by atoms with Gasteiger partial charge in [0.25, 0.3) is 0 Å². The fraction of sp³-hybridized carbons (Fsp3) is 1.00. The van der Waals surface area contributed by atoms with Gasteiger partial charge in [-0.1, -0.05) is 0 Å². The predicted octanol–water partition coefficient (Wildman–Crippen LogP) is 0.943. The standard InChI is InChI=1S/C5H9O6P2/c6-12-8-1-5(2-9-12)3-10-13(7)11-4-5/h6H,1-4H2/q+1. The van der Waals surface area contributed by atoms with Crippen LogP contribution in [0, 0.1) is 5.41 Å². The maximum atomic E-state index is 10.7. The van der Waals surface area contributed by atoms with Crippen LogP contribution in [-0.4, -0.2) is 31.3 Å². The molecule has 13 heavy (non-hydrogen) atoms. The summed E-state index contributed by atoms with van der Waals surface area (Å²) in [6.45, 7) is 1.20. The lowest BCUT2D eigenvalue weighted by Crippen LogP contribution is -2.44. The molecule has 2 rings (SSSR count). The lowest BCUT2D eigenvalue weighted by atomic mass is 9.93. The zero-order chi connectivity index (χ0) is 9.31. The highest BCUT2D eigenvalue weighted by molar-refractivity contribution is 7.40. The first kappa shape index (κ1) is 9.87. The number of rotatable bonds is 0. The van der Waals surface area contributed by atoms with E-state index in [2.05, 4.69) is 0 Å². The summed E-state index contributed by atoms with van der Waals surface area (Å²) in [5.41, 5.74) is -0.398. The molecule has 0 bridgehead atoms. The van der Waals surface area contributed by atoms with Gasteiger partial charge in [-0.2, -0.15) is 0 Å². The summed E-state index contributed by atoms with van der Waals surface area (Å²) < 4.78 is 30.3. The van der Waals surface area contributed by atoms with E-state index in [9.17, 15) is 4.57 Å². The van der Waals surface area contributed by atoms with E-state index in [-0.39, 0.29) is 13.2 Å². The molecule has 0 atom stereocenters. The number of hydrogen-bond donors (Lipinski definition) is 1. The first-order valence-corrected chi connectivity index (χ1v) is 5.91. The van der Waals surface area contributed by atoms with Crippen molar-refractivity contribution in [3.8, 4) is 0 Å². The fourth-order valence-electron chi connectivity index (χ4n) is 1.09. The lowest BCUT2D eigenvalue weighted by Gasteiger charge is -2.35. The minimum absolute atomic E-state index is 0.283. The molecule has 2 aliphatic heterocycles. The predicted molar refractivity (Wildman–Crippen MR) is 43.0 cm³/mol. The summed E-state index contributed by atoms with van der Waals surface area (Å²) >= 11 is 0. The van der Waals surface area contributed by atoms with E-state index in [1.165, 1.54) is 0 Å². The van der Waals surface area contributed by atoms with Crippen LogP contribution in [0.4, 0.5) is 0 Å². The molecule has 0 aromatic heterocycles. The van der Waals surface area contributed by atoms with Crippen molar-refractivity contribution < 1.29 is 27.6 Å². The van der Waals surface area contributed by atoms with Gasteiger partial charge in [-0.3, -0.25) is 0 Å². The van der Waals surface area contributed by atoms with Crippen molar-refractivity contribution in [3.05, 3.63) is 0 Å². The summed E-state index contributed by atoms with van der Waals surface area (Å²) in [7, 11) is -3.71. The van der Waals surface area contributed by atoms with Gasteiger partial charge in [-0.05, 0) is 0 Å². The third-order valence-corrected chi connectivity index (χ3v) is 3.29. The van der Waals surface area contributed by atoms with Crippen LogP contribution in [0.1, 0.15) is 0 Å². The molecule has 0 amide bonds. The van der Waals surface area contributed by atoms with E-state index in [1.807, 2.05) is 0 Å². The maximum absolute atomic E-state index is 10.7. The average molecular weight is 227 g/mol. The Bertz CT molecular complexity index is 201. The molecule has 2 saturated heterocycles. The van der Waals surface area contributed by atoms with Crippen molar-refractivity contribution in [2.75, 3.05) is 26.4 Å². The highest BCUT2D eigenvalue weighted by atomic mass is 31.2. The number of hydrogen-bond acceptors (Lipinski definition) is 6. The molecule has 0 unspecified atom stereocenters. The highest BCUT2D eigenvalue weighted by Crippen LogP contribution is 2.46. The molecule has 0 saturated carbocycles. The van der Waals surface area contributed by atoms with Gasteiger partial charge in [0.05, 0.1) is 18.6 Å². The van der Waals surface area contributed by atoms with Gasteiger partial charge < -0.3 is 13.9 Å². The second kappa shape index (κ2) is 3.83. The fourth-order valence-corrected chi connectivity index (χ4v) is 2.76. The van der Waals surface area contributed by atoms with E-state index in [0.29, 0.717) is 13.2 Å². The van der Waals surface area contributed by atoms with Gasteiger partial charge >= 0.3 is 16.9 Å². The topological polar surface area (TPSA) is 74.2 Å². The van der Waals surface area contributed by atoms with Crippen LogP contribution in [0.2, 0.25) is 0 Å². The third kappa shape index (κ3) is 2.22. The van der Waals surface area contributed by atoms with Gasteiger partial charge in [0.2, 0.25) is 0 Å². The first-order valence-electron chi connectivity index (χ1n) is 3.68. The zero-order valence-electron chi connectivity index (χ0n) is 6.71. The molecule has 2 aliphatic rings. The van der Waals surface area contributed by atoms with Crippen molar-refractivity contribution in [1.29, 1.82) is 0 Å². The second-order valence-electron chi connectivity index (χ2n) is 3.06. The van der Waals surface area contributed by atoms with Gasteiger partial charge in [0.1, 0.15) is 13.2 Å². The summed E-state index contributed by atoms with van der Waals surface area (Å²) in [6, 6.07) is 0. The van der Waals surface area contributed by atoms with Gasteiger partial charge in [0.15, 0.2) is 0 Å². The Labute approximate surface area is 77.1 Å². The molecule has 0 aliphatic carbocycles. The lowest BCUT2D eigenvalue weighted by molar-refractivity contribution is -0.0640. The van der Waals surface area contributed by atoms with Crippen LogP contribution < -0.4 is 0 Å². The Hall–Kier alpha value is 0.330. The van der Waals surface area contributed by atoms with Crippen molar-refractivity contribution in [3.63, 3.8) is 0 Å². The van der Waals surface area contributed by atoms with Crippen LogP contribution in [0.5, 0.6) is 0 Å². The second-order valence-corrected chi connectivity index (χ2v) is 5.01. The molecule has 0 aromatic carbocycles. The summed E-state index contributed by atoms with van der Waals surface area (Å²) in [5.74, 6) is 0. The van der Waals surface area contributed by atoms with Crippen LogP contribution in [-0.2, 0) is 22.7 Å². The normalized spacial score (nSPS) is 43.8. The Kier molecular flexibility index (Phi) is 2.91. The van der Waals surface area contributed by atoms with E-state index >= 15 is 0 Å². The minimum atomic E-state index is -1.97. The van der Waals surface area contributed by atoms with Crippen molar-refractivity contribution >= 4 is 16.9 Å².